The summed E-state index contributed by atoms with van der Waals surface area (Å²) < 4.78 is 4.56. The van der Waals surface area contributed by atoms with Gasteiger partial charge in [0.1, 0.15) is 0 Å². The molecule has 0 aliphatic carbocycles. The van der Waals surface area contributed by atoms with E-state index >= 15 is 0 Å². The zero-order valence-corrected chi connectivity index (χ0v) is 12.8. The molecule has 0 bridgehead atoms. The Hall–Kier alpha value is -2.18. The number of piperidine rings is 1. The second kappa shape index (κ2) is 8.31. The summed E-state index contributed by atoms with van der Waals surface area (Å²) in [6, 6.07) is 1.78. The van der Waals surface area contributed by atoms with E-state index in [0.717, 1.165) is 19.4 Å². The van der Waals surface area contributed by atoms with Gasteiger partial charge in [0.05, 0.1) is 13.0 Å². The summed E-state index contributed by atoms with van der Waals surface area (Å²) in [6.07, 6.45) is 6.14. The van der Waals surface area contributed by atoms with Crippen molar-refractivity contribution in [1.29, 1.82) is 0 Å². The number of nitrogens with one attached hydrogen (secondary N) is 1. The minimum absolute atomic E-state index is 0.0329. The number of rotatable bonds is 6. The molecule has 1 aromatic rings. The molecule has 1 fully saturated rings. The number of nitrogens with zero attached hydrogens (tertiary/aromatic N) is 3. The predicted octanol–water partition coefficient (Wildman–Crippen LogP) is 0.762. The fraction of sp³-hybridized carbons (Fsp3) is 0.600. The van der Waals surface area contributed by atoms with Crippen LogP contribution in [0.2, 0.25) is 0 Å². The Morgan fingerprint density at radius 3 is 2.91 bits per heavy atom. The van der Waals surface area contributed by atoms with E-state index in [2.05, 4.69) is 20.0 Å². The van der Waals surface area contributed by atoms with Crippen LogP contribution in [0.15, 0.2) is 18.5 Å². The average molecular weight is 306 g/mol. The minimum atomic E-state index is -0.251. The Bertz CT molecular complexity index is 495. The van der Waals surface area contributed by atoms with Gasteiger partial charge in [-0.15, -0.1) is 0 Å². The fourth-order valence-corrected chi connectivity index (χ4v) is 2.52. The lowest BCUT2D eigenvalue weighted by Crippen LogP contribution is -2.43. The highest BCUT2D eigenvalue weighted by molar-refractivity contribution is 5.79. The molecular weight excluding hydrogens is 284 g/mol. The van der Waals surface area contributed by atoms with E-state index in [1.807, 2.05) is 4.90 Å². The highest BCUT2D eigenvalue weighted by atomic mass is 16.5. The lowest BCUT2D eigenvalue weighted by atomic mass is 9.97. The monoisotopic (exact) mass is 306 g/mol. The van der Waals surface area contributed by atoms with Crippen molar-refractivity contribution in [3.8, 4) is 0 Å². The number of anilines is 1. The van der Waals surface area contributed by atoms with Crippen molar-refractivity contribution in [2.75, 3.05) is 31.6 Å². The van der Waals surface area contributed by atoms with Crippen molar-refractivity contribution in [3.63, 3.8) is 0 Å². The maximum absolute atomic E-state index is 12.2. The first-order valence-electron chi connectivity index (χ1n) is 7.57. The van der Waals surface area contributed by atoms with Crippen LogP contribution < -0.4 is 10.2 Å². The molecule has 7 heteroatoms. The molecule has 0 aromatic carbocycles. The minimum Gasteiger partial charge on any atom is -0.469 e. The summed E-state index contributed by atoms with van der Waals surface area (Å²) in [7, 11) is 1.36. The van der Waals surface area contributed by atoms with Gasteiger partial charge in [0, 0.05) is 38.4 Å². The normalized spacial score (nSPS) is 17.9. The summed E-state index contributed by atoms with van der Waals surface area (Å²) >= 11 is 0. The molecule has 0 spiro atoms. The van der Waals surface area contributed by atoms with Crippen molar-refractivity contribution in [2.24, 2.45) is 5.92 Å². The number of ether oxygens (including phenoxy) is 1. The third-order valence-corrected chi connectivity index (χ3v) is 3.71. The summed E-state index contributed by atoms with van der Waals surface area (Å²) in [5, 5.41) is 2.89. The zero-order chi connectivity index (χ0) is 15.8. The summed E-state index contributed by atoms with van der Waals surface area (Å²) in [4.78, 5) is 33.7. The van der Waals surface area contributed by atoms with Crippen LogP contribution in [0.3, 0.4) is 0 Å². The lowest BCUT2D eigenvalue weighted by Gasteiger charge is -2.31. The van der Waals surface area contributed by atoms with Crippen molar-refractivity contribution >= 4 is 17.8 Å². The first-order chi connectivity index (χ1) is 10.7. The third-order valence-electron chi connectivity index (χ3n) is 3.71. The van der Waals surface area contributed by atoms with Crippen LogP contribution in [0, 0.1) is 5.92 Å². The zero-order valence-electron chi connectivity index (χ0n) is 12.8. The molecular formula is C15H22N4O3. The second-order valence-corrected chi connectivity index (χ2v) is 5.30. The Kier molecular flexibility index (Phi) is 6.12. The van der Waals surface area contributed by atoms with Gasteiger partial charge in [0.2, 0.25) is 11.9 Å². The highest BCUT2D eigenvalue weighted by Gasteiger charge is 2.26. The van der Waals surface area contributed by atoms with Gasteiger partial charge in [-0.3, -0.25) is 9.59 Å². The predicted molar refractivity (Wildman–Crippen MR) is 81.2 cm³/mol. The van der Waals surface area contributed by atoms with Crippen LogP contribution in [0.1, 0.15) is 25.7 Å². The van der Waals surface area contributed by atoms with Crippen LogP contribution in [0.5, 0.6) is 0 Å². The van der Waals surface area contributed by atoms with Crippen LogP contribution >= 0.6 is 0 Å². The van der Waals surface area contributed by atoms with Gasteiger partial charge in [-0.2, -0.15) is 0 Å². The molecule has 22 heavy (non-hydrogen) atoms. The Balaban J connectivity index is 1.77. The van der Waals surface area contributed by atoms with Gasteiger partial charge in [0.15, 0.2) is 0 Å². The molecule has 1 aromatic heterocycles. The number of amides is 1. The molecule has 1 aliphatic heterocycles. The highest BCUT2D eigenvalue weighted by Crippen LogP contribution is 2.19. The fourth-order valence-electron chi connectivity index (χ4n) is 2.52. The lowest BCUT2D eigenvalue weighted by molar-refractivity contribution is -0.140. The van der Waals surface area contributed by atoms with Gasteiger partial charge in [-0.05, 0) is 25.3 Å². The van der Waals surface area contributed by atoms with Crippen LogP contribution in [0.25, 0.3) is 0 Å². The number of aromatic nitrogens is 2. The van der Waals surface area contributed by atoms with Gasteiger partial charge in [0.25, 0.3) is 0 Å². The smallest absolute Gasteiger partial charge is 0.305 e. The van der Waals surface area contributed by atoms with Crippen molar-refractivity contribution in [1.82, 2.24) is 15.3 Å². The Morgan fingerprint density at radius 1 is 1.41 bits per heavy atom. The summed E-state index contributed by atoms with van der Waals surface area (Å²) in [5.41, 5.74) is 0. The van der Waals surface area contributed by atoms with E-state index in [-0.39, 0.29) is 17.8 Å². The number of esters is 1. The topological polar surface area (TPSA) is 84.4 Å². The third kappa shape index (κ3) is 4.68. The Morgan fingerprint density at radius 2 is 2.18 bits per heavy atom. The second-order valence-electron chi connectivity index (χ2n) is 5.30. The van der Waals surface area contributed by atoms with Crippen LogP contribution in [-0.4, -0.2) is 48.6 Å². The summed E-state index contributed by atoms with van der Waals surface area (Å²) in [5.74, 6) is 0.395. The van der Waals surface area contributed by atoms with Gasteiger partial charge in [-0.1, -0.05) is 0 Å². The number of carbonyl (C=O) groups excluding carboxylic acids is 2. The van der Waals surface area contributed by atoms with Crippen molar-refractivity contribution in [3.05, 3.63) is 18.5 Å². The van der Waals surface area contributed by atoms with E-state index in [0.29, 0.717) is 31.9 Å². The maximum atomic E-state index is 12.2. The van der Waals surface area contributed by atoms with Gasteiger partial charge >= 0.3 is 5.97 Å². The molecule has 1 N–H and O–H groups in total. The molecule has 1 saturated heterocycles. The van der Waals surface area contributed by atoms with Gasteiger partial charge in [-0.25, -0.2) is 9.97 Å². The molecule has 0 saturated carbocycles. The number of hydrogen-bond acceptors (Lipinski definition) is 6. The van der Waals surface area contributed by atoms with E-state index in [9.17, 15) is 9.59 Å². The number of hydrogen-bond donors (Lipinski definition) is 1. The van der Waals surface area contributed by atoms with Crippen LogP contribution in [0.4, 0.5) is 5.95 Å². The molecule has 2 rings (SSSR count). The molecule has 0 unspecified atom stereocenters. The largest absolute Gasteiger partial charge is 0.469 e. The van der Waals surface area contributed by atoms with Crippen LogP contribution in [-0.2, 0) is 14.3 Å². The van der Waals surface area contributed by atoms with Crippen molar-refractivity contribution in [2.45, 2.75) is 25.7 Å². The standard InChI is InChI=1S/C15H22N4O3/c1-22-13(20)6-2-7-16-14(21)12-5-3-10-19(11-12)15-17-8-4-9-18-15/h4,8-9,12H,2-3,5-7,10-11H2,1H3,(H,16,21)/t12-/m0/s1. The molecule has 1 amide bonds. The van der Waals surface area contributed by atoms with E-state index in [4.69, 9.17) is 0 Å². The number of methoxy groups -OCH3 is 1. The molecule has 1 atom stereocenters. The summed E-state index contributed by atoms with van der Waals surface area (Å²) in [6.45, 7) is 2.00. The molecule has 1 aliphatic rings. The number of carbonyl (C=O) groups is 2. The van der Waals surface area contributed by atoms with E-state index < -0.39 is 0 Å². The molecule has 120 valence electrons. The maximum Gasteiger partial charge on any atom is 0.305 e. The molecule has 0 radical (unpaired) electrons. The SMILES string of the molecule is COC(=O)CCCNC(=O)[C@H]1CCCN(c2ncccn2)C1. The van der Waals surface area contributed by atoms with Crippen molar-refractivity contribution < 1.29 is 14.3 Å². The molecule has 7 nitrogen and oxygen atoms in total. The van der Waals surface area contributed by atoms with E-state index in [1.54, 1.807) is 18.5 Å². The first-order valence-corrected chi connectivity index (χ1v) is 7.57. The quantitative estimate of drug-likeness (QED) is 0.617. The Labute approximate surface area is 130 Å². The first kappa shape index (κ1) is 16.2. The molecule has 2 heterocycles. The van der Waals surface area contributed by atoms with Gasteiger partial charge < -0.3 is 15.0 Å². The average Bonchev–Trinajstić information content (AvgIpc) is 2.59. The van der Waals surface area contributed by atoms with E-state index in [1.165, 1.54) is 7.11 Å².